The van der Waals surface area contributed by atoms with E-state index < -0.39 is 5.97 Å². The summed E-state index contributed by atoms with van der Waals surface area (Å²) in [7, 11) is 1.45. The number of ether oxygens (including phenoxy) is 2. The van der Waals surface area contributed by atoms with Crippen molar-refractivity contribution < 1.29 is 23.9 Å². The van der Waals surface area contributed by atoms with E-state index in [1.165, 1.54) is 12.0 Å². The van der Waals surface area contributed by atoms with Crippen molar-refractivity contribution in [1.82, 2.24) is 4.90 Å². The first-order chi connectivity index (χ1) is 18.3. The summed E-state index contributed by atoms with van der Waals surface area (Å²) in [5.74, 6) is -0.484. The third kappa shape index (κ3) is 5.48. The van der Waals surface area contributed by atoms with Crippen LogP contribution < -0.4 is 9.47 Å². The van der Waals surface area contributed by atoms with Gasteiger partial charge in [0.2, 0.25) is 0 Å². The molecule has 0 aliphatic carbocycles. The molecule has 1 aliphatic heterocycles. The Morgan fingerprint density at radius 3 is 2.47 bits per heavy atom. The summed E-state index contributed by atoms with van der Waals surface area (Å²) in [6, 6.07) is 23.4. The first-order valence-corrected chi connectivity index (χ1v) is 13.4. The summed E-state index contributed by atoms with van der Waals surface area (Å²) in [4.78, 5) is 39.9. The Balaban J connectivity index is 1.36. The molecule has 0 aromatic heterocycles. The average Bonchev–Trinajstić information content (AvgIpc) is 3.17. The quantitative estimate of drug-likeness (QED) is 0.127. The van der Waals surface area contributed by atoms with Gasteiger partial charge in [0.15, 0.2) is 11.5 Å². The summed E-state index contributed by atoms with van der Waals surface area (Å²) < 4.78 is 11.5. The van der Waals surface area contributed by atoms with Crippen molar-refractivity contribution in [3.8, 4) is 11.5 Å². The molecule has 190 valence electrons. The van der Waals surface area contributed by atoms with Crippen molar-refractivity contribution in [2.75, 3.05) is 7.11 Å². The second kappa shape index (κ2) is 11.0. The minimum Gasteiger partial charge on any atom is -0.493 e. The van der Waals surface area contributed by atoms with Crippen LogP contribution in [0, 0.1) is 0 Å². The number of nitrogens with zero attached hydrogens (tertiary/aromatic N) is 1. The highest BCUT2D eigenvalue weighted by molar-refractivity contribution is 9.10. The zero-order valence-corrected chi connectivity index (χ0v) is 23.1. The molecule has 5 rings (SSSR count). The molecule has 4 aromatic rings. The van der Waals surface area contributed by atoms with Gasteiger partial charge in [-0.25, -0.2) is 4.79 Å². The van der Waals surface area contributed by atoms with Gasteiger partial charge in [0.05, 0.1) is 28.6 Å². The topological polar surface area (TPSA) is 72.9 Å². The molecule has 1 heterocycles. The maximum absolute atomic E-state index is 13.1. The van der Waals surface area contributed by atoms with E-state index in [2.05, 4.69) is 15.9 Å². The lowest BCUT2D eigenvalue weighted by Crippen LogP contribution is -2.27. The van der Waals surface area contributed by atoms with Crippen LogP contribution >= 0.6 is 39.3 Å². The molecule has 0 saturated carbocycles. The van der Waals surface area contributed by atoms with Crippen LogP contribution in [0.15, 0.2) is 88.2 Å². The molecule has 0 spiro atoms. The molecule has 1 fully saturated rings. The van der Waals surface area contributed by atoms with Crippen molar-refractivity contribution in [3.63, 3.8) is 0 Å². The number of methoxy groups -OCH3 is 1. The third-order valence-corrected chi connectivity index (χ3v) is 7.60. The van der Waals surface area contributed by atoms with Crippen LogP contribution in [-0.4, -0.2) is 29.1 Å². The monoisotopic (exact) mass is 607 g/mol. The first kappa shape index (κ1) is 26.0. The largest absolute Gasteiger partial charge is 0.493 e. The number of amides is 2. The van der Waals surface area contributed by atoms with Crippen LogP contribution in [0.5, 0.6) is 11.5 Å². The second-order valence-electron chi connectivity index (χ2n) is 8.38. The Kier molecular flexibility index (Phi) is 7.56. The maximum atomic E-state index is 13.1. The Labute approximate surface area is 236 Å². The lowest BCUT2D eigenvalue weighted by atomic mass is 10.1. The van der Waals surface area contributed by atoms with Crippen molar-refractivity contribution in [2.45, 2.75) is 6.54 Å². The van der Waals surface area contributed by atoms with Gasteiger partial charge in [0.25, 0.3) is 11.1 Å². The lowest BCUT2D eigenvalue weighted by molar-refractivity contribution is -0.123. The standard InChI is InChI=1S/C29H19BrClNO5S/c1-36-24-14-18(13-23(30)26(24)37-28(34)20-8-10-22(31)11-9-20)15-25-27(33)32(29(35)38-25)16-17-6-7-19-4-2-3-5-21(19)12-17/h2-15H,16H2,1H3/b25-15-. The minimum absolute atomic E-state index is 0.180. The van der Waals surface area contributed by atoms with Crippen LogP contribution in [0.1, 0.15) is 21.5 Å². The Hall–Kier alpha value is -3.59. The summed E-state index contributed by atoms with van der Waals surface area (Å²) in [5, 5.41) is 2.30. The fourth-order valence-corrected chi connectivity index (χ4v) is 5.47. The number of halogens is 2. The van der Waals surface area contributed by atoms with Gasteiger partial charge < -0.3 is 9.47 Å². The molecule has 2 amide bonds. The van der Waals surface area contributed by atoms with Gasteiger partial charge in [-0.05, 0) is 98.1 Å². The Morgan fingerprint density at radius 2 is 1.74 bits per heavy atom. The molecular formula is C29H19BrClNO5S. The number of carbonyl (C=O) groups excluding carboxylic acids is 3. The van der Waals surface area contributed by atoms with Crippen LogP contribution in [0.2, 0.25) is 5.02 Å². The van der Waals surface area contributed by atoms with Crippen molar-refractivity contribution >= 4 is 73.3 Å². The highest BCUT2D eigenvalue weighted by atomic mass is 79.9. The molecular weight excluding hydrogens is 590 g/mol. The van der Waals surface area contributed by atoms with E-state index in [4.69, 9.17) is 21.1 Å². The number of carbonyl (C=O) groups is 3. The van der Waals surface area contributed by atoms with Crippen molar-refractivity contribution in [3.05, 3.63) is 110 Å². The minimum atomic E-state index is -0.580. The molecule has 0 radical (unpaired) electrons. The average molecular weight is 609 g/mol. The van der Waals surface area contributed by atoms with Gasteiger partial charge in [-0.2, -0.15) is 0 Å². The van der Waals surface area contributed by atoms with Crippen molar-refractivity contribution in [2.24, 2.45) is 0 Å². The summed E-state index contributed by atoms with van der Waals surface area (Å²) in [6.45, 7) is 0.180. The highest BCUT2D eigenvalue weighted by Gasteiger charge is 2.35. The predicted octanol–water partition coefficient (Wildman–Crippen LogP) is 7.72. The number of esters is 1. The highest BCUT2D eigenvalue weighted by Crippen LogP contribution is 2.40. The maximum Gasteiger partial charge on any atom is 0.343 e. The van der Waals surface area contributed by atoms with Crippen LogP contribution in [0.25, 0.3) is 16.8 Å². The second-order valence-corrected chi connectivity index (χ2v) is 10.7. The Morgan fingerprint density at radius 1 is 1.00 bits per heavy atom. The van der Waals surface area contributed by atoms with Gasteiger partial charge in [0, 0.05) is 5.02 Å². The molecule has 6 nitrogen and oxygen atoms in total. The molecule has 9 heteroatoms. The SMILES string of the molecule is COc1cc(/C=C2\SC(=O)N(Cc3ccc4ccccc4c3)C2=O)cc(Br)c1OC(=O)c1ccc(Cl)cc1. The number of hydrogen-bond donors (Lipinski definition) is 0. The van der Waals surface area contributed by atoms with Gasteiger partial charge in [-0.3, -0.25) is 14.5 Å². The molecule has 38 heavy (non-hydrogen) atoms. The number of fused-ring (bicyclic) bond motifs is 1. The van der Waals surface area contributed by atoms with Gasteiger partial charge in [0.1, 0.15) is 0 Å². The Bertz CT molecular complexity index is 1620. The summed E-state index contributed by atoms with van der Waals surface area (Å²) in [6.07, 6.45) is 1.61. The number of benzene rings is 4. The van der Waals surface area contributed by atoms with Gasteiger partial charge in [-0.15, -0.1) is 0 Å². The number of rotatable bonds is 6. The van der Waals surface area contributed by atoms with Crippen LogP contribution in [0.3, 0.4) is 0 Å². The van der Waals surface area contributed by atoms with Gasteiger partial charge in [-0.1, -0.05) is 48.0 Å². The van der Waals surface area contributed by atoms with E-state index in [1.54, 1.807) is 42.5 Å². The fourth-order valence-electron chi connectivity index (χ4n) is 3.97. The van der Waals surface area contributed by atoms with Crippen molar-refractivity contribution in [1.29, 1.82) is 0 Å². The third-order valence-electron chi connectivity index (χ3n) is 5.85. The molecule has 0 N–H and O–H groups in total. The molecule has 1 saturated heterocycles. The molecule has 0 atom stereocenters. The number of thioether (sulfide) groups is 1. The number of hydrogen-bond acceptors (Lipinski definition) is 6. The molecule has 1 aliphatic rings. The molecule has 0 bridgehead atoms. The normalized spacial score (nSPS) is 14.4. The fraction of sp³-hybridized carbons (Fsp3) is 0.0690. The van der Waals surface area contributed by atoms with E-state index in [-0.39, 0.29) is 34.1 Å². The summed E-state index contributed by atoms with van der Waals surface area (Å²) >= 11 is 10.2. The molecule has 4 aromatic carbocycles. The van der Waals surface area contributed by atoms with E-state index >= 15 is 0 Å². The first-order valence-electron chi connectivity index (χ1n) is 11.4. The predicted molar refractivity (Wildman–Crippen MR) is 153 cm³/mol. The van der Waals surface area contributed by atoms with Crippen LogP contribution in [-0.2, 0) is 11.3 Å². The zero-order valence-electron chi connectivity index (χ0n) is 19.9. The van der Waals surface area contributed by atoms with Crippen LogP contribution in [0.4, 0.5) is 4.79 Å². The lowest BCUT2D eigenvalue weighted by Gasteiger charge is -2.13. The van der Waals surface area contributed by atoms with E-state index in [0.717, 1.165) is 28.1 Å². The number of imide groups is 1. The van der Waals surface area contributed by atoms with E-state index in [9.17, 15) is 14.4 Å². The van der Waals surface area contributed by atoms with E-state index in [0.29, 0.717) is 20.6 Å². The van der Waals surface area contributed by atoms with E-state index in [1.807, 2.05) is 42.5 Å². The zero-order chi connectivity index (χ0) is 26.8. The smallest absolute Gasteiger partial charge is 0.343 e. The molecule has 0 unspecified atom stereocenters. The summed E-state index contributed by atoms with van der Waals surface area (Å²) in [5.41, 5.74) is 1.78. The van der Waals surface area contributed by atoms with Gasteiger partial charge >= 0.3 is 5.97 Å².